The maximum atomic E-state index is 12.2. The molecule has 3 unspecified atom stereocenters. The molecule has 0 radical (unpaired) electrons. The summed E-state index contributed by atoms with van der Waals surface area (Å²) in [5, 5.41) is 30.5. The first-order chi connectivity index (χ1) is 10.3. The van der Waals surface area contributed by atoms with Crippen LogP contribution in [0.5, 0.6) is 0 Å². The minimum atomic E-state index is -1.39. The molecule has 8 nitrogen and oxygen atoms in total. The number of rotatable bonds is 6. The highest BCUT2D eigenvalue weighted by molar-refractivity contribution is 6.40. The Labute approximate surface area is 129 Å². The fourth-order valence-electron chi connectivity index (χ4n) is 3.95. The summed E-state index contributed by atoms with van der Waals surface area (Å²) in [6.45, 7) is 2.55. The van der Waals surface area contributed by atoms with Crippen LogP contribution in [0.25, 0.3) is 0 Å². The van der Waals surface area contributed by atoms with E-state index in [1.54, 1.807) is 11.8 Å². The van der Waals surface area contributed by atoms with Crippen LogP contribution >= 0.6 is 0 Å². The molecule has 2 rings (SSSR count). The summed E-state index contributed by atoms with van der Waals surface area (Å²) in [5.74, 6) is -1.09. The Hall–Kier alpha value is -1.16. The van der Waals surface area contributed by atoms with Crippen molar-refractivity contribution in [2.45, 2.75) is 50.6 Å². The molecule has 2 heterocycles. The summed E-state index contributed by atoms with van der Waals surface area (Å²) in [6, 6.07) is -1.54. The molecule has 2 saturated heterocycles. The molecule has 9 heteroatoms. The number of carbonyl (C=O) groups is 2. The van der Waals surface area contributed by atoms with Crippen LogP contribution < -0.4 is 11.1 Å². The molecule has 124 valence electrons. The van der Waals surface area contributed by atoms with Crippen molar-refractivity contribution in [3.63, 3.8) is 0 Å². The van der Waals surface area contributed by atoms with E-state index < -0.39 is 30.6 Å². The molecule has 0 aromatic rings. The van der Waals surface area contributed by atoms with Gasteiger partial charge in [0.2, 0.25) is 5.91 Å². The summed E-state index contributed by atoms with van der Waals surface area (Å²) >= 11 is 0. The first kappa shape index (κ1) is 17.2. The molecule has 22 heavy (non-hydrogen) atoms. The maximum absolute atomic E-state index is 12.2. The minimum absolute atomic E-state index is 0.165. The number of likely N-dealkylation sites (tertiary alicyclic amines) is 1. The molecule has 2 fully saturated rings. The van der Waals surface area contributed by atoms with E-state index >= 15 is 0 Å². The Morgan fingerprint density at radius 3 is 2.73 bits per heavy atom. The van der Waals surface area contributed by atoms with Crippen LogP contribution in [0.3, 0.4) is 0 Å². The number of carboxylic acid groups (broad SMARTS) is 1. The lowest BCUT2D eigenvalue weighted by molar-refractivity contribution is -0.143. The summed E-state index contributed by atoms with van der Waals surface area (Å²) in [6.07, 6.45) is 1.81. The minimum Gasteiger partial charge on any atom is -0.480 e. The van der Waals surface area contributed by atoms with Gasteiger partial charge in [-0.15, -0.1) is 0 Å². The largest absolute Gasteiger partial charge is 0.480 e. The smallest absolute Gasteiger partial charge is 0.451 e. The van der Waals surface area contributed by atoms with E-state index in [1.807, 2.05) is 0 Å². The number of carbonyl (C=O) groups excluding carboxylic acids is 1. The van der Waals surface area contributed by atoms with E-state index in [2.05, 4.69) is 5.32 Å². The second kappa shape index (κ2) is 6.53. The van der Waals surface area contributed by atoms with Crippen molar-refractivity contribution in [1.82, 2.24) is 10.2 Å². The van der Waals surface area contributed by atoms with Gasteiger partial charge in [-0.2, -0.15) is 0 Å². The van der Waals surface area contributed by atoms with Crippen LogP contribution in [0, 0.1) is 5.41 Å². The van der Waals surface area contributed by atoms with Gasteiger partial charge in [-0.05, 0) is 26.1 Å². The van der Waals surface area contributed by atoms with Gasteiger partial charge in [0.25, 0.3) is 0 Å². The van der Waals surface area contributed by atoms with Crippen molar-refractivity contribution in [1.29, 1.82) is 0 Å². The number of nitrogens with one attached hydrogen (secondary N) is 1. The number of nitrogens with zero attached hydrogens (tertiary/aromatic N) is 1. The molecule has 1 amide bonds. The molecule has 0 aromatic carbocycles. The lowest BCUT2D eigenvalue weighted by Crippen LogP contribution is -2.49. The van der Waals surface area contributed by atoms with Crippen molar-refractivity contribution in [2.75, 3.05) is 13.1 Å². The van der Waals surface area contributed by atoms with E-state index in [0.717, 1.165) is 0 Å². The second-order valence-electron chi connectivity index (χ2n) is 6.37. The van der Waals surface area contributed by atoms with Gasteiger partial charge in [-0.1, -0.05) is 6.42 Å². The first-order valence-corrected chi connectivity index (χ1v) is 7.68. The summed E-state index contributed by atoms with van der Waals surface area (Å²) in [7, 11) is -1.39. The number of fused-ring (bicyclic) bond motifs is 1. The van der Waals surface area contributed by atoms with E-state index in [0.29, 0.717) is 32.4 Å². The van der Waals surface area contributed by atoms with Gasteiger partial charge in [0.1, 0.15) is 6.04 Å². The number of hydrogen-bond donors (Lipinski definition) is 5. The molecule has 0 aromatic heterocycles. The fourth-order valence-corrected chi connectivity index (χ4v) is 3.95. The third-order valence-electron chi connectivity index (χ3n) is 4.97. The van der Waals surface area contributed by atoms with Gasteiger partial charge in [0.15, 0.2) is 0 Å². The molecule has 2 aliphatic heterocycles. The highest BCUT2D eigenvalue weighted by Gasteiger charge is 2.59. The van der Waals surface area contributed by atoms with Crippen molar-refractivity contribution in [3.8, 4) is 0 Å². The van der Waals surface area contributed by atoms with Gasteiger partial charge in [0, 0.05) is 18.5 Å². The summed E-state index contributed by atoms with van der Waals surface area (Å²) in [4.78, 5) is 25.5. The summed E-state index contributed by atoms with van der Waals surface area (Å²) in [5.41, 5.74) is 5.12. The third-order valence-corrected chi connectivity index (χ3v) is 4.97. The normalized spacial score (nSPS) is 31.9. The highest BCUT2D eigenvalue weighted by atomic mass is 16.4. The van der Waals surface area contributed by atoms with E-state index in [1.165, 1.54) is 0 Å². The number of aliphatic carboxylic acids is 1. The molecule has 4 atom stereocenters. The maximum Gasteiger partial charge on any atom is 0.451 e. The van der Waals surface area contributed by atoms with Gasteiger partial charge in [-0.25, -0.2) is 0 Å². The summed E-state index contributed by atoms with van der Waals surface area (Å²) < 4.78 is 0. The van der Waals surface area contributed by atoms with Crippen LogP contribution in [0.1, 0.15) is 26.2 Å². The Bertz CT molecular complexity index is 447. The van der Waals surface area contributed by atoms with Gasteiger partial charge < -0.3 is 31.1 Å². The van der Waals surface area contributed by atoms with Crippen molar-refractivity contribution in [2.24, 2.45) is 11.1 Å². The number of nitrogens with two attached hydrogens (primary N) is 1. The zero-order valence-electron chi connectivity index (χ0n) is 12.7. The molecule has 6 N–H and O–H groups in total. The molecule has 0 bridgehead atoms. The third kappa shape index (κ3) is 2.98. The number of hydrogen-bond acceptors (Lipinski definition) is 6. The molecule has 2 aliphatic rings. The van der Waals surface area contributed by atoms with Gasteiger partial charge in [-0.3, -0.25) is 9.59 Å². The zero-order chi connectivity index (χ0) is 16.5. The average molecular weight is 313 g/mol. The standard InChI is InChI=1S/C13H24BN3O5/c1-8(15)11(18)17-6-4-13(3-2-5-14(21)22)9(17)7-16-10(13)12(19)20/h8-10,16,21-22H,2-7,15H2,1H3,(H,19,20)/t8-,9?,10?,13?/m0/s1. The van der Waals surface area contributed by atoms with E-state index in [9.17, 15) is 14.7 Å². The van der Waals surface area contributed by atoms with E-state index in [4.69, 9.17) is 15.8 Å². The number of carboxylic acids is 1. The van der Waals surface area contributed by atoms with Crippen LogP contribution in [0.4, 0.5) is 0 Å². The highest BCUT2D eigenvalue weighted by Crippen LogP contribution is 2.47. The molecular formula is C13H24BN3O5. The predicted octanol–water partition coefficient (Wildman–Crippen LogP) is -1.77. The Morgan fingerprint density at radius 1 is 1.50 bits per heavy atom. The van der Waals surface area contributed by atoms with Crippen LogP contribution in [-0.4, -0.2) is 70.3 Å². The molecule has 0 saturated carbocycles. The SMILES string of the molecule is C[C@H](N)C(=O)N1CCC2(CCCB(O)O)C(C(=O)O)NCC12. The molecule has 0 spiro atoms. The van der Waals surface area contributed by atoms with Crippen LogP contribution in [0.15, 0.2) is 0 Å². The quantitative estimate of drug-likeness (QED) is 0.366. The Balaban J connectivity index is 2.19. The van der Waals surface area contributed by atoms with Crippen LogP contribution in [0.2, 0.25) is 6.32 Å². The predicted molar refractivity (Wildman–Crippen MR) is 79.9 cm³/mol. The van der Waals surface area contributed by atoms with Gasteiger partial charge >= 0.3 is 13.1 Å². The van der Waals surface area contributed by atoms with Crippen LogP contribution in [-0.2, 0) is 9.59 Å². The van der Waals surface area contributed by atoms with E-state index in [-0.39, 0.29) is 18.3 Å². The lowest BCUT2D eigenvalue weighted by atomic mass is 9.70. The molecule has 0 aliphatic carbocycles. The van der Waals surface area contributed by atoms with Crippen molar-refractivity contribution >= 4 is 19.0 Å². The second-order valence-corrected chi connectivity index (χ2v) is 6.37. The topological polar surface area (TPSA) is 136 Å². The van der Waals surface area contributed by atoms with Crippen molar-refractivity contribution in [3.05, 3.63) is 0 Å². The van der Waals surface area contributed by atoms with Crippen molar-refractivity contribution < 1.29 is 24.7 Å². The lowest BCUT2D eigenvalue weighted by Gasteiger charge is -2.34. The van der Waals surface area contributed by atoms with Gasteiger partial charge in [0.05, 0.1) is 12.1 Å². The first-order valence-electron chi connectivity index (χ1n) is 7.68. The Morgan fingerprint density at radius 2 is 2.18 bits per heavy atom. The Kier molecular flexibility index (Phi) is 5.11. The molecular weight excluding hydrogens is 289 g/mol. The number of amides is 1. The monoisotopic (exact) mass is 313 g/mol. The average Bonchev–Trinajstić information content (AvgIpc) is 2.93. The zero-order valence-corrected chi connectivity index (χ0v) is 12.7. The fraction of sp³-hybridized carbons (Fsp3) is 0.846.